The Labute approximate surface area is 186 Å². The summed E-state index contributed by atoms with van der Waals surface area (Å²) in [7, 11) is 0. The maximum atomic E-state index is 12.9. The van der Waals surface area contributed by atoms with Crippen LogP contribution in [0, 0.1) is 5.92 Å². The molecule has 0 aromatic carbocycles. The molecule has 0 aliphatic carbocycles. The SMILES string of the molecule is CCC(C)C(N)C(=O)N1CCCC1C(=O)NC(CCC(=O)O)C(=O)NC(CS)C(=O)O. The summed E-state index contributed by atoms with van der Waals surface area (Å²) in [6, 6.07) is -4.15. The third-order valence-electron chi connectivity index (χ3n) is 5.46. The minimum Gasteiger partial charge on any atom is -0.481 e. The molecule has 5 unspecified atom stereocenters. The number of likely N-dealkylation sites (tertiary alicyclic amines) is 1. The first-order valence-corrected chi connectivity index (χ1v) is 10.9. The number of nitrogens with one attached hydrogen (secondary N) is 2. The standard InChI is InChI=1S/C19H32N4O7S/c1-3-10(2)15(20)18(28)23-8-4-5-13(23)17(27)21-11(6-7-14(24)25)16(26)22-12(9-31)19(29)30/h10-13,15,31H,3-9,20H2,1-2H3,(H,21,27)(H,22,26)(H,24,25)(H,29,30). The summed E-state index contributed by atoms with van der Waals surface area (Å²) in [5.74, 6) is -4.51. The predicted octanol–water partition coefficient (Wildman–Crippen LogP) is -0.800. The molecule has 5 atom stereocenters. The minimum atomic E-state index is -1.31. The van der Waals surface area contributed by atoms with Crippen LogP contribution in [0.25, 0.3) is 0 Å². The Hall–Kier alpha value is -2.34. The molecule has 31 heavy (non-hydrogen) atoms. The molecule has 0 bridgehead atoms. The zero-order valence-electron chi connectivity index (χ0n) is 17.7. The highest BCUT2D eigenvalue weighted by Crippen LogP contribution is 2.21. The first-order valence-electron chi connectivity index (χ1n) is 10.3. The molecular formula is C19H32N4O7S. The molecule has 0 aromatic heterocycles. The van der Waals surface area contributed by atoms with Gasteiger partial charge in [0, 0.05) is 18.7 Å². The second kappa shape index (κ2) is 12.5. The fourth-order valence-corrected chi connectivity index (χ4v) is 3.50. The van der Waals surface area contributed by atoms with Crippen LogP contribution in [0.15, 0.2) is 0 Å². The molecule has 1 heterocycles. The largest absolute Gasteiger partial charge is 0.481 e. The van der Waals surface area contributed by atoms with E-state index in [1.807, 2.05) is 13.8 Å². The molecule has 1 saturated heterocycles. The Morgan fingerprint density at radius 3 is 2.32 bits per heavy atom. The van der Waals surface area contributed by atoms with Crippen LogP contribution in [0.3, 0.4) is 0 Å². The van der Waals surface area contributed by atoms with Gasteiger partial charge in [0.25, 0.3) is 0 Å². The number of amides is 3. The smallest absolute Gasteiger partial charge is 0.327 e. The van der Waals surface area contributed by atoms with Crippen molar-refractivity contribution in [3.63, 3.8) is 0 Å². The van der Waals surface area contributed by atoms with E-state index in [9.17, 15) is 24.0 Å². The van der Waals surface area contributed by atoms with E-state index in [1.165, 1.54) is 4.90 Å². The molecule has 1 fully saturated rings. The summed E-state index contributed by atoms with van der Waals surface area (Å²) in [5, 5.41) is 22.7. The number of thiol groups is 1. The molecule has 1 aliphatic heterocycles. The van der Waals surface area contributed by atoms with Gasteiger partial charge in [-0.15, -0.1) is 0 Å². The van der Waals surface area contributed by atoms with Gasteiger partial charge in [-0.3, -0.25) is 19.2 Å². The first kappa shape index (κ1) is 26.7. The van der Waals surface area contributed by atoms with E-state index in [4.69, 9.17) is 15.9 Å². The normalized spacial score (nSPS) is 19.7. The lowest BCUT2D eigenvalue weighted by atomic mass is 9.98. The molecule has 176 valence electrons. The Morgan fingerprint density at radius 2 is 1.81 bits per heavy atom. The van der Waals surface area contributed by atoms with Crippen molar-refractivity contribution in [2.24, 2.45) is 11.7 Å². The Kier molecular flexibility index (Phi) is 10.8. The van der Waals surface area contributed by atoms with Crippen LogP contribution < -0.4 is 16.4 Å². The highest BCUT2D eigenvalue weighted by molar-refractivity contribution is 7.80. The predicted molar refractivity (Wildman–Crippen MR) is 114 cm³/mol. The summed E-state index contributed by atoms with van der Waals surface area (Å²) in [4.78, 5) is 61.6. The number of carboxylic acid groups (broad SMARTS) is 2. The molecule has 3 amide bonds. The van der Waals surface area contributed by atoms with Crippen molar-refractivity contribution in [1.82, 2.24) is 15.5 Å². The maximum Gasteiger partial charge on any atom is 0.327 e. The zero-order chi connectivity index (χ0) is 23.7. The summed E-state index contributed by atoms with van der Waals surface area (Å²) >= 11 is 3.87. The fourth-order valence-electron chi connectivity index (χ4n) is 3.25. The summed E-state index contributed by atoms with van der Waals surface area (Å²) in [6.45, 7) is 4.11. The molecule has 0 saturated carbocycles. The molecule has 6 N–H and O–H groups in total. The van der Waals surface area contributed by atoms with Crippen LogP contribution >= 0.6 is 12.6 Å². The zero-order valence-corrected chi connectivity index (χ0v) is 18.6. The highest BCUT2D eigenvalue weighted by atomic mass is 32.1. The Bertz CT molecular complexity index is 690. The van der Waals surface area contributed by atoms with Gasteiger partial charge in [-0.1, -0.05) is 20.3 Å². The first-order chi connectivity index (χ1) is 14.5. The van der Waals surface area contributed by atoms with E-state index >= 15 is 0 Å². The number of aliphatic carboxylic acids is 2. The number of carbonyl (C=O) groups excluding carboxylic acids is 3. The van der Waals surface area contributed by atoms with Gasteiger partial charge in [0.1, 0.15) is 18.1 Å². The lowest BCUT2D eigenvalue weighted by Crippen LogP contribution is -2.57. The van der Waals surface area contributed by atoms with Gasteiger partial charge in [-0.25, -0.2) is 4.79 Å². The average Bonchev–Trinajstić information content (AvgIpc) is 3.22. The summed E-state index contributed by atoms with van der Waals surface area (Å²) in [5.41, 5.74) is 6.03. The molecule has 0 aromatic rings. The molecule has 1 rings (SSSR count). The van der Waals surface area contributed by atoms with Crippen LogP contribution in [0.1, 0.15) is 46.0 Å². The highest BCUT2D eigenvalue weighted by Gasteiger charge is 2.38. The van der Waals surface area contributed by atoms with E-state index in [2.05, 4.69) is 23.3 Å². The minimum absolute atomic E-state index is 0.0694. The van der Waals surface area contributed by atoms with Gasteiger partial charge in [0.05, 0.1) is 6.04 Å². The van der Waals surface area contributed by atoms with Crippen molar-refractivity contribution in [3.8, 4) is 0 Å². The van der Waals surface area contributed by atoms with Crippen LogP contribution in [0.4, 0.5) is 0 Å². The van der Waals surface area contributed by atoms with Gasteiger partial charge in [-0.05, 0) is 25.2 Å². The van der Waals surface area contributed by atoms with Gasteiger partial charge in [-0.2, -0.15) is 12.6 Å². The second-order valence-corrected chi connectivity index (χ2v) is 8.04. The van der Waals surface area contributed by atoms with Gasteiger partial charge >= 0.3 is 11.9 Å². The molecular weight excluding hydrogens is 428 g/mol. The van der Waals surface area contributed by atoms with E-state index in [-0.39, 0.29) is 24.0 Å². The number of nitrogens with two attached hydrogens (primary N) is 1. The monoisotopic (exact) mass is 460 g/mol. The van der Waals surface area contributed by atoms with Gasteiger partial charge < -0.3 is 31.5 Å². The van der Waals surface area contributed by atoms with E-state index < -0.39 is 54.3 Å². The number of carboxylic acids is 2. The van der Waals surface area contributed by atoms with Crippen molar-refractivity contribution < 1.29 is 34.2 Å². The maximum absolute atomic E-state index is 12.9. The Morgan fingerprint density at radius 1 is 1.16 bits per heavy atom. The van der Waals surface area contributed by atoms with Gasteiger partial charge in [0.15, 0.2) is 0 Å². The number of rotatable bonds is 12. The molecule has 0 spiro atoms. The van der Waals surface area contributed by atoms with Crippen molar-refractivity contribution in [2.45, 2.75) is 70.1 Å². The van der Waals surface area contributed by atoms with Crippen molar-refractivity contribution >= 4 is 42.3 Å². The quantitative estimate of drug-likeness (QED) is 0.205. The summed E-state index contributed by atoms with van der Waals surface area (Å²) in [6.07, 6.45) is 1.02. The van der Waals surface area contributed by atoms with Gasteiger partial charge in [0.2, 0.25) is 17.7 Å². The third-order valence-corrected chi connectivity index (χ3v) is 5.82. The van der Waals surface area contributed by atoms with Crippen molar-refractivity contribution in [3.05, 3.63) is 0 Å². The average molecular weight is 461 g/mol. The molecule has 0 radical (unpaired) electrons. The molecule has 11 nitrogen and oxygen atoms in total. The fraction of sp³-hybridized carbons (Fsp3) is 0.737. The van der Waals surface area contributed by atoms with Crippen molar-refractivity contribution in [2.75, 3.05) is 12.3 Å². The summed E-state index contributed by atoms with van der Waals surface area (Å²) < 4.78 is 0. The number of hydrogen-bond donors (Lipinski definition) is 6. The van der Waals surface area contributed by atoms with Crippen molar-refractivity contribution in [1.29, 1.82) is 0 Å². The van der Waals surface area contributed by atoms with Crippen LogP contribution in [0.2, 0.25) is 0 Å². The van der Waals surface area contributed by atoms with E-state index in [0.29, 0.717) is 25.8 Å². The van der Waals surface area contributed by atoms with E-state index in [1.54, 1.807) is 0 Å². The van der Waals surface area contributed by atoms with E-state index in [0.717, 1.165) is 0 Å². The third kappa shape index (κ3) is 7.69. The second-order valence-electron chi connectivity index (χ2n) is 7.68. The lowest BCUT2D eigenvalue weighted by molar-refractivity contribution is -0.143. The molecule has 1 aliphatic rings. The number of carbonyl (C=O) groups is 5. The lowest BCUT2D eigenvalue weighted by Gasteiger charge is -2.30. The number of hydrogen-bond acceptors (Lipinski definition) is 7. The molecule has 12 heteroatoms. The number of nitrogens with zero attached hydrogens (tertiary/aromatic N) is 1. The Balaban J connectivity index is 2.93. The van der Waals surface area contributed by atoms with Crippen LogP contribution in [0.5, 0.6) is 0 Å². The van der Waals surface area contributed by atoms with Crippen LogP contribution in [-0.2, 0) is 24.0 Å². The van der Waals surface area contributed by atoms with Crippen LogP contribution in [-0.4, -0.2) is 81.2 Å². The topological polar surface area (TPSA) is 179 Å².